The first-order valence-corrected chi connectivity index (χ1v) is 42.4. The Balaban J connectivity index is 0.000000654. The number of benzene rings is 2. The fourth-order valence-corrected chi connectivity index (χ4v) is 12.4. The molecule has 4 aromatic rings. The van der Waals surface area contributed by atoms with Crippen molar-refractivity contribution in [2.75, 3.05) is 57.7 Å². The van der Waals surface area contributed by atoms with Crippen LogP contribution in [-0.4, -0.2) is 154 Å². The van der Waals surface area contributed by atoms with Crippen LogP contribution in [0.4, 0.5) is 5.69 Å². The van der Waals surface area contributed by atoms with Crippen molar-refractivity contribution in [3.05, 3.63) is 106 Å². The van der Waals surface area contributed by atoms with Crippen LogP contribution < -0.4 is 25.7 Å². The Morgan fingerprint density at radius 1 is 0.500 bits per heavy atom. The van der Waals surface area contributed by atoms with Crippen LogP contribution in [0.3, 0.4) is 0 Å². The average Bonchev–Trinajstić information content (AvgIpc) is 1.05. The molecule has 634 valence electrons. The number of hydrogen-bond acceptors (Lipinski definition) is 17. The van der Waals surface area contributed by atoms with E-state index in [1.54, 1.807) is 23.2 Å². The summed E-state index contributed by atoms with van der Waals surface area (Å²) in [6.07, 6.45) is 12.8. The first-order chi connectivity index (χ1) is 52.3. The van der Waals surface area contributed by atoms with E-state index in [2.05, 4.69) is 99.2 Å². The van der Waals surface area contributed by atoms with Gasteiger partial charge in [0.15, 0.2) is 11.6 Å². The zero-order valence-electron chi connectivity index (χ0n) is 75.0. The highest BCUT2D eigenvalue weighted by Gasteiger charge is 2.30. The van der Waals surface area contributed by atoms with E-state index in [0.29, 0.717) is 84.7 Å². The fourth-order valence-electron chi connectivity index (χ4n) is 12.4. The van der Waals surface area contributed by atoms with Crippen LogP contribution in [0.2, 0.25) is 0 Å². The summed E-state index contributed by atoms with van der Waals surface area (Å²) in [5.41, 5.74) is 3.94. The van der Waals surface area contributed by atoms with Crippen molar-refractivity contribution in [1.29, 1.82) is 0 Å². The van der Waals surface area contributed by atoms with Crippen LogP contribution in [-0.2, 0) is 59.4 Å². The molecule has 0 radical (unpaired) electrons. The van der Waals surface area contributed by atoms with E-state index in [9.17, 15) is 43.2 Å². The van der Waals surface area contributed by atoms with E-state index >= 15 is 0 Å². The summed E-state index contributed by atoms with van der Waals surface area (Å²) in [6, 6.07) is 22.6. The summed E-state index contributed by atoms with van der Waals surface area (Å²) in [5.74, 6) is 6.30. The number of anilines is 1. The van der Waals surface area contributed by atoms with E-state index < -0.39 is 0 Å². The van der Waals surface area contributed by atoms with E-state index in [4.69, 9.17) is 14.0 Å². The first kappa shape index (κ1) is 103. The van der Waals surface area contributed by atoms with Crippen molar-refractivity contribution in [3.8, 4) is 11.6 Å². The van der Waals surface area contributed by atoms with E-state index in [0.717, 1.165) is 107 Å². The van der Waals surface area contributed by atoms with E-state index in [1.165, 1.54) is 29.0 Å². The third-order valence-corrected chi connectivity index (χ3v) is 19.5. The van der Waals surface area contributed by atoms with Gasteiger partial charge in [-0.15, -0.1) is 0 Å². The molecule has 1 aliphatic carbocycles. The molecule has 2 N–H and O–H groups in total. The Labute approximate surface area is 678 Å². The minimum atomic E-state index is -0.143. The summed E-state index contributed by atoms with van der Waals surface area (Å²) >= 11 is 0. The number of carbonyl (C=O) groups excluding carboxylic acids is 8. The second-order valence-corrected chi connectivity index (χ2v) is 35.4. The summed E-state index contributed by atoms with van der Waals surface area (Å²) < 4.78 is 17.1. The SMILES string of the molecule is CC(C)C(=O)CN1CCN(C(C)C)CC1.CC(C)C[C@H]1CCCCN(CC(=O)C(C)C)C1=O.CC(C)Cc1cccc(CC(=O)C(C)C)c1.CC(C)NCC1CCC(C(=O)C(C)C)CC1.CC(C)Nc1cccn(CC(=O)C(C)C)c1=O.CC(C)Oc1cc(C(=O)C(C)C)on1.CC(C)Oc1ccc(CC(=O)C(C)C)cc1. The largest absolute Gasteiger partial charge is 0.491 e. The molecule has 19 nitrogen and oxygen atoms in total. The second-order valence-electron chi connectivity index (χ2n) is 35.4. The molecule has 1 saturated carbocycles. The van der Waals surface area contributed by atoms with Crippen molar-refractivity contribution in [3.63, 3.8) is 0 Å². The zero-order valence-corrected chi connectivity index (χ0v) is 75.0. The third-order valence-electron chi connectivity index (χ3n) is 19.5. The van der Waals surface area contributed by atoms with Gasteiger partial charge in [0, 0.05) is 123 Å². The molecule has 1 amide bonds. The number of aromatic nitrogens is 2. The Morgan fingerprint density at radius 2 is 1.03 bits per heavy atom. The quantitative estimate of drug-likeness (QED) is 0.0422. The van der Waals surface area contributed by atoms with Crippen LogP contribution in [0.15, 0.2) is 82.2 Å². The molecule has 4 heterocycles. The number of pyridine rings is 1. The Bertz CT molecular complexity index is 3410. The number of nitrogens with zero attached hydrogens (tertiary/aromatic N) is 5. The molecule has 2 saturated heterocycles. The van der Waals surface area contributed by atoms with E-state index in [-0.39, 0.29) is 112 Å². The molecule has 112 heavy (non-hydrogen) atoms. The minimum Gasteiger partial charge on any atom is -0.491 e. The fraction of sp³-hybridized carbons (Fsp3) is 0.699. The van der Waals surface area contributed by atoms with Gasteiger partial charge in [0.2, 0.25) is 17.5 Å². The normalized spacial score (nSPS) is 16.1. The smallest absolute Gasteiger partial charge is 0.274 e. The maximum absolute atomic E-state index is 12.4. The lowest BCUT2D eigenvalue weighted by Crippen LogP contribution is -2.50. The van der Waals surface area contributed by atoms with Gasteiger partial charge in [-0.05, 0) is 177 Å². The van der Waals surface area contributed by atoms with Crippen molar-refractivity contribution in [2.24, 2.45) is 71.0 Å². The summed E-state index contributed by atoms with van der Waals surface area (Å²) in [4.78, 5) is 112. The molecule has 1 atom stereocenters. The molecule has 2 aromatic heterocycles. The Hall–Kier alpha value is -6.96. The van der Waals surface area contributed by atoms with Gasteiger partial charge in [0.1, 0.15) is 34.6 Å². The number of carbonyl (C=O) groups is 8. The Morgan fingerprint density at radius 3 is 1.51 bits per heavy atom. The highest BCUT2D eigenvalue weighted by Crippen LogP contribution is 2.31. The number of Topliss-reactive ketones (excluding diaryl/α,β-unsaturated/α-hetero) is 7. The summed E-state index contributed by atoms with van der Waals surface area (Å²) in [5, 5.41) is 10.2. The molecular weight excluding hydrogens is 1410 g/mol. The van der Waals surface area contributed by atoms with Crippen molar-refractivity contribution in [1.82, 2.24) is 29.7 Å². The second kappa shape index (κ2) is 54.8. The monoisotopic (exact) mass is 1560 g/mol. The van der Waals surface area contributed by atoms with Crippen LogP contribution in [0.1, 0.15) is 272 Å². The lowest BCUT2D eigenvalue weighted by Gasteiger charge is -2.36. The standard InChI is InChI=1S/C15H27NO2.C15H22O.C14H27NO.C14H20O2.C13H20N2O2.C12H24N2O.C10H15NO3/c1-11(2)9-13-7-5-6-8-16(15(13)18)10-14(17)12(3)4;1-11(2)8-13-6-5-7-14(9-13)10-15(16)12(3)4;1-10(2)14(16)13-7-5-12(6-8-13)9-15-11(3)4;1-10(2)14(15)9-12-5-7-13(8-6-12)16-11(3)4;1-9(2)12(16)8-15-7-5-6-11(13(15)17)14-10(3)4;1-10(2)12(15)9-13-5-7-14(8-6-13)11(3)4;1-6(2)10(12)8-5-9(11-14-8)13-7(3)4/h11-13H,5-10H2,1-4H3;5-7,9,11-12H,8,10H2,1-4H3;10-13,15H,5-9H2,1-4H3;5-8,10-11H,9H2,1-4H3;5-7,9-10,14H,8H2,1-4H3;10-11H,5-9H2,1-4H3;5-7H,1-4H3/t13-;;;;;;/m1....../s1. The number of amides is 1. The lowest BCUT2D eigenvalue weighted by molar-refractivity contribution is -0.139. The number of likely N-dealkylation sites (tertiary alicyclic amines) is 1. The molecule has 2 aromatic carbocycles. The van der Waals surface area contributed by atoms with Gasteiger partial charge in [-0.3, -0.25) is 53.0 Å². The predicted octanol–water partition coefficient (Wildman–Crippen LogP) is 18.2. The van der Waals surface area contributed by atoms with Crippen molar-refractivity contribution < 1.29 is 52.4 Å². The van der Waals surface area contributed by atoms with Crippen LogP contribution in [0, 0.1) is 71.0 Å². The topological polar surface area (TPSA) is 237 Å². The predicted molar refractivity (Wildman–Crippen MR) is 460 cm³/mol. The molecule has 3 fully saturated rings. The number of hydrogen-bond donors (Lipinski definition) is 2. The summed E-state index contributed by atoms with van der Waals surface area (Å²) in [6.45, 7) is 63.4. The average molecular weight is 1560 g/mol. The van der Waals surface area contributed by atoms with Crippen LogP contribution >= 0.6 is 0 Å². The number of ketones is 7. The Kier molecular flexibility index (Phi) is 50.4. The van der Waals surface area contributed by atoms with Gasteiger partial charge in [0.25, 0.3) is 11.4 Å². The highest BCUT2D eigenvalue weighted by molar-refractivity contribution is 5.95. The number of ether oxygens (including phenoxy) is 2. The van der Waals surface area contributed by atoms with E-state index in [1.807, 2.05) is 169 Å². The third kappa shape index (κ3) is 44.1. The maximum Gasteiger partial charge on any atom is 0.274 e. The van der Waals surface area contributed by atoms with Crippen molar-refractivity contribution in [2.45, 2.75) is 301 Å². The molecule has 2 aliphatic heterocycles. The molecule has 19 heteroatoms. The van der Waals surface area contributed by atoms with Crippen LogP contribution in [0.5, 0.6) is 11.6 Å². The van der Waals surface area contributed by atoms with Gasteiger partial charge in [-0.2, -0.15) is 0 Å². The lowest BCUT2D eigenvalue weighted by atomic mass is 9.78. The molecule has 3 aliphatic rings. The molecule has 0 spiro atoms. The number of nitrogens with one attached hydrogen (secondary N) is 2. The van der Waals surface area contributed by atoms with Gasteiger partial charge < -0.3 is 34.1 Å². The number of piperazine rings is 1. The molecule has 7 rings (SSSR count). The van der Waals surface area contributed by atoms with Crippen molar-refractivity contribution >= 4 is 52.1 Å². The van der Waals surface area contributed by atoms with Gasteiger partial charge in [0.05, 0.1) is 37.9 Å². The molecule has 0 bridgehead atoms. The van der Waals surface area contributed by atoms with Gasteiger partial charge >= 0.3 is 0 Å². The highest BCUT2D eigenvalue weighted by atomic mass is 16.5. The zero-order chi connectivity index (χ0) is 85.2. The summed E-state index contributed by atoms with van der Waals surface area (Å²) in [7, 11) is 0. The molecular formula is C93H155N7O12. The molecule has 0 unspecified atom stereocenters. The first-order valence-electron chi connectivity index (χ1n) is 42.4. The minimum absolute atomic E-state index is 0.0181. The van der Waals surface area contributed by atoms with Gasteiger partial charge in [-0.25, -0.2) is 0 Å². The van der Waals surface area contributed by atoms with Gasteiger partial charge in [-0.1, -0.05) is 181 Å². The van der Waals surface area contributed by atoms with Crippen LogP contribution in [0.25, 0.3) is 0 Å². The number of rotatable bonds is 33. The maximum atomic E-state index is 12.4.